The summed E-state index contributed by atoms with van der Waals surface area (Å²) in [5.74, 6) is 0. The molecule has 0 aromatic carbocycles. The van der Waals surface area contributed by atoms with Crippen molar-refractivity contribution >= 4 is 23.3 Å². The molecule has 0 aliphatic carbocycles. The summed E-state index contributed by atoms with van der Waals surface area (Å²) in [5, 5.41) is 1.80. The van der Waals surface area contributed by atoms with Crippen molar-refractivity contribution in [3.8, 4) is 0 Å². The average molecular weight is 200 g/mol. The van der Waals surface area contributed by atoms with Crippen LogP contribution in [0.1, 0.15) is 0 Å². The largest absolute Gasteiger partial charge is 0.350 e. The summed E-state index contributed by atoms with van der Waals surface area (Å²) in [6.07, 6.45) is 1.53. The quantitative estimate of drug-likeness (QED) is 0.565. The van der Waals surface area contributed by atoms with Gasteiger partial charge in [-0.25, -0.2) is 15.2 Å². The van der Waals surface area contributed by atoms with Crippen LogP contribution in [0.3, 0.4) is 0 Å². The van der Waals surface area contributed by atoms with Gasteiger partial charge in [-0.1, -0.05) is 11.6 Å². The van der Waals surface area contributed by atoms with E-state index >= 15 is 0 Å². The number of hydrazine groups is 3. The lowest BCUT2D eigenvalue weighted by Gasteiger charge is -2.13. The van der Waals surface area contributed by atoms with Gasteiger partial charge in [0.2, 0.25) is 0 Å². The van der Waals surface area contributed by atoms with Gasteiger partial charge in [0.15, 0.2) is 0 Å². The molecule has 1 fully saturated rings. The van der Waals surface area contributed by atoms with E-state index in [1.807, 2.05) is 0 Å². The third-order valence-electron chi connectivity index (χ3n) is 1.46. The Hall–Kier alpha value is -1.53. The van der Waals surface area contributed by atoms with Crippen molar-refractivity contribution < 1.29 is 4.79 Å². The Morgan fingerprint density at radius 2 is 2.31 bits per heavy atom. The second-order valence-electron chi connectivity index (χ2n) is 2.35. The highest BCUT2D eigenvalue weighted by atomic mass is 35.5. The first-order valence-electron chi connectivity index (χ1n) is 3.50. The maximum atomic E-state index is 10.7. The summed E-state index contributed by atoms with van der Waals surface area (Å²) in [4.78, 5) is 14.6. The van der Waals surface area contributed by atoms with Gasteiger partial charge in [-0.05, 0) is 12.1 Å². The summed E-state index contributed by atoms with van der Waals surface area (Å²) in [7, 11) is 0. The molecule has 1 aliphatic rings. The number of carbonyl (C=O) groups excluding carboxylic acids is 1. The molecule has 7 heteroatoms. The molecule has 6 nitrogen and oxygen atoms in total. The van der Waals surface area contributed by atoms with E-state index in [9.17, 15) is 4.79 Å². The van der Waals surface area contributed by atoms with Gasteiger partial charge in [0.25, 0.3) is 0 Å². The van der Waals surface area contributed by atoms with Gasteiger partial charge in [-0.15, -0.1) is 5.53 Å². The van der Waals surface area contributed by atoms with Gasteiger partial charge >= 0.3 is 6.03 Å². The number of urea groups is 1. The van der Waals surface area contributed by atoms with E-state index in [0.29, 0.717) is 10.8 Å². The minimum absolute atomic E-state index is 0.324. The zero-order chi connectivity index (χ0) is 9.26. The molecule has 1 aliphatic heterocycles. The topological polar surface area (TPSA) is 69.3 Å². The highest BCUT2D eigenvalue weighted by Gasteiger charge is 2.16. The summed E-state index contributed by atoms with van der Waals surface area (Å²) in [5.41, 5.74) is 8.09. The van der Waals surface area contributed by atoms with E-state index < -0.39 is 0 Å². The fourth-order valence-electron chi connectivity index (χ4n) is 0.894. The number of aromatic nitrogens is 1. The molecule has 0 atom stereocenters. The van der Waals surface area contributed by atoms with Gasteiger partial charge in [0.05, 0.1) is 11.9 Å². The standard InChI is InChI=1S/C6H6ClN5O/c7-5-2-1-4(3-8-5)12-10-6(13)9-11-12/h1-3,11H,(H2,9,10,13). The van der Waals surface area contributed by atoms with E-state index in [1.165, 1.54) is 11.3 Å². The third kappa shape index (κ3) is 1.63. The molecule has 3 N–H and O–H groups in total. The Balaban J connectivity index is 2.17. The molecular formula is C6H6ClN5O. The molecule has 0 unspecified atom stereocenters. The van der Waals surface area contributed by atoms with E-state index in [4.69, 9.17) is 11.6 Å². The number of rotatable bonds is 1. The van der Waals surface area contributed by atoms with Gasteiger partial charge < -0.3 is 0 Å². The minimum Gasteiger partial charge on any atom is -0.252 e. The van der Waals surface area contributed by atoms with Crippen LogP contribution in [-0.2, 0) is 0 Å². The van der Waals surface area contributed by atoms with Gasteiger partial charge in [-0.3, -0.25) is 5.43 Å². The number of halogens is 1. The molecule has 68 valence electrons. The van der Waals surface area contributed by atoms with E-state index in [-0.39, 0.29) is 6.03 Å². The van der Waals surface area contributed by atoms with Gasteiger partial charge in [0, 0.05) is 0 Å². The molecular weight excluding hydrogens is 194 g/mol. The van der Waals surface area contributed by atoms with Crippen LogP contribution in [0.25, 0.3) is 0 Å². The Bertz CT molecular complexity index is 326. The highest BCUT2D eigenvalue weighted by Crippen LogP contribution is 2.12. The second-order valence-corrected chi connectivity index (χ2v) is 2.74. The number of pyridine rings is 1. The van der Waals surface area contributed by atoms with Gasteiger partial charge in [0.1, 0.15) is 5.15 Å². The molecule has 1 aromatic rings. The minimum atomic E-state index is -0.324. The molecule has 0 spiro atoms. The summed E-state index contributed by atoms with van der Waals surface area (Å²) in [6, 6.07) is 3.02. The van der Waals surface area contributed by atoms with Crippen LogP contribution in [-0.4, -0.2) is 11.0 Å². The lowest BCUT2D eigenvalue weighted by Crippen LogP contribution is -2.40. The molecule has 2 amide bonds. The van der Waals surface area contributed by atoms with Crippen molar-refractivity contribution in [3.63, 3.8) is 0 Å². The fraction of sp³-hybridized carbons (Fsp3) is 0. The Morgan fingerprint density at radius 1 is 1.46 bits per heavy atom. The lowest BCUT2D eigenvalue weighted by molar-refractivity contribution is 0.247. The van der Waals surface area contributed by atoms with E-state index in [0.717, 1.165) is 0 Å². The van der Waals surface area contributed by atoms with Crippen LogP contribution in [0, 0.1) is 0 Å². The second kappa shape index (κ2) is 3.08. The maximum Gasteiger partial charge on any atom is 0.350 e. The first-order valence-corrected chi connectivity index (χ1v) is 3.87. The fourth-order valence-corrected chi connectivity index (χ4v) is 1.01. The Kier molecular flexibility index (Phi) is 1.91. The zero-order valence-electron chi connectivity index (χ0n) is 6.41. The van der Waals surface area contributed by atoms with Crippen LogP contribution in [0.4, 0.5) is 10.5 Å². The molecule has 1 aromatic heterocycles. The van der Waals surface area contributed by atoms with Crippen molar-refractivity contribution in [2.45, 2.75) is 0 Å². The van der Waals surface area contributed by atoms with Crippen LogP contribution < -0.4 is 21.5 Å². The summed E-state index contributed by atoms with van der Waals surface area (Å²) < 4.78 is 0. The third-order valence-corrected chi connectivity index (χ3v) is 1.69. The molecule has 0 radical (unpaired) electrons. The van der Waals surface area contributed by atoms with Crippen molar-refractivity contribution in [2.24, 2.45) is 0 Å². The molecule has 2 heterocycles. The summed E-state index contributed by atoms with van der Waals surface area (Å²) >= 11 is 5.59. The monoisotopic (exact) mass is 199 g/mol. The number of amides is 2. The van der Waals surface area contributed by atoms with Crippen LogP contribution in [0.2, 0.25) is 5.15 Å². The lowest BCUT2D eigenvalue weighted by atomic mass is 10.4. The van der Waals surface area contributed by atoms with Crippen LogP contribution in [0.5, 0.6) is 0 Å². The predicted octanol–water partition coefficient (Wildman–Crippen LogP) is 0.189. The van der Waals surface area contributed by atoms with E-state index in [1.54, 1.807) is 12.1 Å². The predicted molar refractivity (Wildman–Crippen MR) is 46.5 cm³/mol. The highest BCUT2D eigenvalue weighted by molar-refractivity contribution is 6.29. The van der Waals surface area contributed by atoms with Crippen LogP contribution in [0.15, 0.2) is 18.3 Å². The van der Waals surface area contributed by atoms with Gasteiger partial charge in [-0.2, -0.15) is 5.12 Å². The van der Waals surface area contributed by atoms with E-state index in [2.05, 4.69) is 21.4 Å². The van der Waals surface area contributed by atoms with Crippen molar-refractivity contribution in [2.75, 3.05) is 5.12 Å². The first kappa shape index (κ1) is 8.09. The SMILES string of the molecule is O=C1NNN(c2ccc(Cl)nc2)N1. The van der Waals surface area contributed by atoms with Crippen molar-refractivity contribution in [3.05, 3.63) is 23.5 Å². The summed E-state index contributed by atoms with van der Waals surface area (Å²) in [6.45, 7) is 0. The number of anilines is 1. The molecule has 2 rings (SSSR count). The number of nitrogens with zero attached hydrogens (tertiary/aromatic N) is 2. The first-order chi connectivity index (χ1) is 6.25. The van der Waals surface area contributed by atoms with Crippen LogP contribution >= 0.6 is 11.6 Å². The molecule has 0 saturated carbocycles. The molecule has 1 saturated heterocycles. The van der Waals surface area contributed by atoms with Crippen molar-refractivity contribution in [1.29, 1.82) is 0 Å². The normalized spacial score (nSPS) is 15.5. The zero-order valence-corrected chi connectivity index (χ0v) is 7.17. The number of hydrogen-bond acceptors (Lipinski definition) is 4. The Morgan fingerprint density at radius 3 is 2.85 bits per heavy atom. The molecule has 0 bridgehead atoms. The number of hydrogen-bond donors (Lipinski definition) is 3. The smallest absolute Gasteiger partial charge is 0.252 e. The number of nitrogens with one attached hydrogen (secondary N) is 3. The van der Waals surface area contributed by atoms with Crippen molar-refractivity contribution in [1.82, 2.24) is 21.4 Å². The Labute approximate surface area is 78.8 Å². The maximum absolute atomic E-state index is 10.7. The molecule has 13 heavy (non-hydrogen) atoms. The average Bonchev–Trinajstić information content (AvgIpc) is 2.53. The number of carbonyl (C=O) groups is 1.